The van der Waals surface area contributed by atoms with Gasteiger partial charge in [0.15, 0.2) is 5.13 Å². The summed E-state index contributed by atoms with van der Waals surface area (Å²) in [6.45, 7) is 1.80. The number of thiazole rings is 1. The summed E-state index contributed by atoms with van der Waals surface area (Å²) in [5.41, 5.74) is 6.05. The van der Waals surface area contributed by atoms with E-state index in [0.29, 0.717) is 5.13 Å². The molecule has 2 rings (SSSR count). The van der Waals surface area contributed by atoms with Gasteiger partial charge in [0.05, 0.1) is 21.9 Å². The third-order valence-corrected chi connectivity index (χ3v) is 4.57. The van der Waals surface area contributed by atoms with Crippen molar-refractivity contribution in [3.05, 3.63) is 30.0 Å². The first-order valence-corrected chi connectivity index (χ1v) is 7.32. The Morgan fingerprint density at radius 2 is 2.25 bits per heavy atom. The molecule has 2 aromatic rings. The summed E-state index contributed by atoms with van der Waals surface area (Å²) < 4.78 is 0.846. The number of nitrogens with zero attached hydrogens (tertiary/aromatic N) is 3. The predicted molar refractivity (Wildman–Crippen MR) is 76.8 cm³/mol. The highest BCUT2D eigenvalue weighted by Crippen LogP contribution is 2.31. The van der Waals surface area contributed by atoms with Gasteiger partial charge in [-0.15, -0.1) is 11.8 Å². The maximum Gasteiger partial charge on any atom is 0.277 e. The van der Waals surface area contributed by atoms with Gasteiger partial charge in [-0.2, -0.15) is 0 Å². The molecular formula is C11H11N5O2S2. The van der Waals surface area contributed by atoms with E-state index in [9.17, 15) is 9.59 Å². The number of primary amides is 1. The fourth-order valence-corrected chi connectivity index (χ4v) is 3.16. The summed E-state index contributed by atoms with van der Waals surface area (Å²) in [5.74, 6) is -0.591. The van der Waals surface area contributed by atoms with Crippen LogP contribution in [-0.2, 0) is 4.79 Å². The first-order valence-electron chi connectivity index (χ1n) is 5.52. The fraction of sp³-hybridized carbons (Fsp3) is 0.182. The number of amides is 2. The quantitative estimate of drug-likeness (QED) is 0.799. The predicted octanol–water partition coefficient (Wildman–Crippen LogP) is 1.07. The van der Waals surface area contributed by atoms with E-state index in [1.165, 1.54) is 41.7 Å². The molecule has 0 aromatic carbocycles. The Morgan fingerprint density at radius 3 is 2.90 bits per heavy atom. The van der Waals surface area contributed by atoms with Crippen molar-refractivity contribution < 1.29 is 9.59 Å². The van der Waals surface area contributed by atoms with Crippen LogP contribution in [0.1, 0.15) is 16.2 Å². The molecule has 0 aliphatic heterocycles. The maximum absolute atomic E-state index is 11.9. The Morgan fingerprint density at radius 1 is 1.45 bits per heavy atom. The molecule has 7 nitrogen and oxygen atoms in total. The molecule has 104 valence electrons. The Labute approximate surface area is 123 Å². The molecule has 0 aliphatic rings. The largest absolute Gasteiger partial charge is 0.369 e. The number of aryl methyl sites for hydroxylation is 1. The maximum atomic E-state index is 11.9. The highest BCUT2D eigenvalue weighted by molar-refractivity contribution is 8.01. The van der Waals surface area contributed by atoms with Gasteiger partial charge in [0.2, 0.25) is 5.91 Å². The molecule has 9 heteroatoms. The molecule has 3 N–H and O–H groups in total. The van der Waals surface area contributed by atoms with Gasteiger partial charge >= 0.3 is 0 Å². The minimum absolute atomic E-state index is 0.181. The van der Waals surface area contributed by atoms with Gasteiger partial charge in [-0.1, -0.05) is 11.3 Å². The van der Waals surface area contributed by atoms with Crippen molar-refractivity contribution in [3.63, 3.8) is 0 Å². The minimum Gasteiger partial charge on any atom is -0.369 e. The Bertz CT molecular complexity index is 629. The first kappa shape index (κ1) is 14.4. The molecule has 0 fully saturated rings. The van der Waals surface area contributed by atoms with E-state index in [2.05, 4.69) is 20.3 Å². The van der Waals surface area contributed by atoms with Crippen LogP contribution in [0, 0.1) is 6.92 Å². The van der Waals surface area contributed by atoms with Crippen molar-refractivity contribution in [1.82, 2.24) is 15.0 Å². The van der Waals surface area contributed by atoms with E-state index in [1.807, 2.05) is 0 Å². The lowest BCUT2D eigenvalue weighted by molar-refractivity contribution is -0.115. The molecule has 2 heterocycles. The summed E-state index contributed by atoms with van der Waals surface area (Å²) in [6, 6.07) is 0. The number of carbonyl (C=O) groups is 2. The number of anilines is 1. The van der Waals surface area contributed by atoms with E-state index in [-0.39, 0.29) is 17.4 Å². The number of thioether (sulfide) groups is 1. The lowest BCUT2D eigenvalue weighted by Gasteiger charge is -1.99. The lowest BCUT2D eigenvalue weighted by atomic mass is 10.4. The van der Waals surface area contributed by atoms with E-state index >= 15 is 0 Å². The van der Waals surface area contributed by atoms with Crippen molar-refractivity contribution in [3.8, 4) is 0 Å². The Kier molecular flexibility index (Phi) is 4.64. The molecule has 0 spiro atoms. The van der Waals surface area contributed by atoms with Crippen LogP contribution >= 0.6 is 23.1 Å². The second-order valence-electron chi connectivity index (χ2n) is 3.69. The summed E-state index contributed by atoms with van der Waals surface area (Å²) in [5, 5.41) is 3.09. The number of carbonyl (C=O) groups excluding carboxylic acids is 2. The van der Waals surface area contributed by atoms with E-state index in [1.54, 1.807) is 6.92 Å². The smallest absolute Gasteiger partial charge is 0.277 e. The van der Waals surface area contributed by atoms with Crippen LogP contribution in [0.15, 0.2) is 22.8 Å². The van der Waals surface area contributed by atoms with E-state index < -0.39 is 5.91 Å². The molecule has 2 amide bonds. The normalized spacial score (nSPS) is 10.2. The van der Waals surface area contributed by atoms with Crippen LogP contribution in [0.5, 0.6) is 0 Å². The summed E-state index contributed by atoms with van der Waals surface area (Å²) >= 11 is 2.59. The average molecular weight is 309 g/mol. The van der Waals surface area contributed by atoms with Gasteiger partial charge in [-0.05, 0) is 6.92 Å². The van der Waals surface area contributed by atoms with Crippen molar-refractivity contribution in [2.75, 3.05) is 11.1 Å². The van der Waals surface area contributed by atoms with E-state index in [4.69, 9.17) is 5.73 Å². The fourth-order valence-electron chi connectivity index (χ4n) is 1.28. The molecule has 0 saturated heterocycles. The number of hydrogen-bond acceptors (Lipinski definition) is 7. The number of nitrogens with one attached hydrogen (secondary N) is 1. The van der Waals surface area contributed by atoms with Gasteiger partial charge in [0.25, 0.3) is 5.91 Å². The molecule has 0 radical (unpaired) electrons. The standard InChI is InChI=1S/C11H11N5O2S2/c1-6-10(19-5-8(12)17)20-11(15-6)16-9(18)7-4-13-2-3-14-7/h2-4H,5H2,1H3,(H2,12,17)(H,15,16,18). The Hall–Kier alpha value is -2.00. The summed E-state index contributed by atoms with van der Waals surface area (Å²) in [7, 11) is 0. The van der Waals surface area contributed by atoms with Crippen LogP contribution in [0.2, 0.25) is 0 Å². The Balaban J connectivity index is 2.05. The molecule has 0 bridgehead atoms. The highest BCUT2D eigenvalue weighted by Gasteiger charge is 2.13. The van der Waals surface area contributed by atoms with Gasteiger partial charge in [-0.3, -0.25) is 19.9 Å². The minimum atomic E-state index is -0.395. The van der Waals surface area contributed by atoms with Crippen molar-refractivity contribution >= 4 is 40.0 Å². The second kappa shape index (κ2) is 6.44. The number of hydrogen-bond donors (Lipinski definition) is 2. The zero-order chi connectivity index (χ0) is 14.5. The topological polar surface area (TPSA) is 111 Å². The van der Waals surface area contributed by atoms with Crippen LogP contribution in [0.3, 0.4) is 0 Å². The third kappa shape index (κ3) is 3.75. The molecule has 0 unspecified atom stereocenters. The number of nitrogens with two attached hydrogens (primary N) is 1. The van der Waals surface area contributed by atoms with Gasteiger partial charge in [0.1, 0.15) is 5.69 Å². The summed E-state index contributed by atoms with van der Waals surface area (Å²) in [4.78, 5) is 34.6. The van der Waals surface area contributed by atoms with Crippen molar-refractivity contribution in [1.29, 1.82) is 0 Å². The molecule has 2 aromatic heterocycles. The van der Waals surface area contributed by atoms with Crippen LogP contribution in [-0.4, -0.2) is 32.5 Å². The zero-order valence-corrected chi connectivity index (χ0v) is 12.1. The van der Waals surface area contributed by atoms with Gasteiger partial charge < -0.3 is 5.73 Å². The second-order valence-corrected chi connectivity index (χ2v) is 5.93. The third-order valence-electron chi connectivity index (χ3n) is 2.12. The highest BCUT2D eigenvalue weighted by atomic mass is 32.2. The molecule has 0 atom stereocenters. The molecule has 0 saturated carbocycles. The SMILES string of the molecule is Cc1nc(NC(=O)c2cnccn2)sc1SCC(N)=O. The average Bonchev–Trinajstić information content (AvgIpc) is 2.77. The van der Waals surface area contributed by atoms with Crippen LogP contribution in [0.25, 0.3) is 0 Å². The van der Waals surface area contributed by atoms with Crippen molar-refractivity contribution in [2.45, 2.75) is 11.1 Å². The van der Waals surface area contributed by atoms with Crippen LogP contribution in [0.4, 0.5) is 5.13 Å². The van der Waals surface area contributed by atoms with Gasteiger partial charge in [-0.25, -0.2) is 9.97 Å². The van der Waals surface area contributed by atoms with E-state index in [0.717, 1.165) is 9.90 Å². The monoisotopic (exact) mass is 309 g/mol. The molecular weight excluding hydrogens is 298 g/mol. The van der Waals surface area contributed by atoms with Gasteiger partial charge in [0, 0.05) is 12.4 Å². The zero-order valence-electron chi connectivity index (χ0n) is 10.5. The van der Waals surface area contributed by atoms with Crippen LogP contribution < -0.4 is 11.1 Å². The lowest BCUT2D eigenvalue weighted by Crippen LogP contribution is -2.13. The number of aromatic nitrogens is 3. The number of rotatable bonds is 5. The first-order chi connectivity index (χ1) is 9.56. The summed E-state index contributed by atoms with van der Waals surface area (Å²) in [6.07, 6.45) is 4.30. The molecule has 0 aliphatic carbocycles. The molecule has 20 heavy (non-hydrogen) atoms. The van der Waals surface area contributed by atoms with Crippen molar-refractivity contribution in [2.24, 2.45) is 5.73 Å².